The van der Waals surface area contributed by atoms with Crippen molar-refractivity contribution >= 4 is 23.7 Å². The molecule has 8 N–H and O–H groups in total. The highest BCUT2D eigenvalue weighted by molar-refractivity contribution is 5.94. The largest absolute Gasteiger partial charge is 0.480 e. The number of carbonyl (C=O) groups excluding carboxylic acids is 3. The zero-order chi connectivity index (χ0) is 29.1. The maximum atomic E-state index is 13.4. The van der Waals surface area contributed by atoms with E-state index in [0.717, 1.165) is 5.56 Å². The Balaban J connectivity index is 1.75. The Morgan fingerprint density at radius 1 is 0.800 bits per heavy atom. The van der Waals surface area contributed by atoms with Gasteiger partial charge in [-0.3, -0.25) is 14.4 Å². The van der Waals surface area contributed by atoms with Gasteiger partial charge in [0, 0.05) is 43.0 Å². The van der Waals surface area contributed by atoms with E-state index in [1.165, 1.54) is 18.9 Å². The van der Waals surface area contributed by atoms with E-state index in [-0.39, 0.29) is 25.2 Å². The van der Waals surface area contributed by atoms with E-state index >= 15 is 0 Å². The third kappa shape index (κ3) is 9.34. The Morgan fingerprint density at radius 2 is 1.35 bits per heavy atom. The molecule has 40 heavy (non-hydrogen) atoms. The topological polar surface area (TPSA) is 208 Å². The van der Waals surface area contributed by atoms with E-state index in [0.29, 0.717) is 17.8 Å². The fourth-order valence-corrected chi connectivity index (χ4v) is 4.13. The van der Waals surface area contributed by atoms with Crippen LogP contribution in [0.2, 0.25) is 0 Å². The van der Waals surface area contributed by atoms with Crippen molar-refractivity contribution in [1.82, 2.24) is 35.9 Å². The summed E-state index contributed by atoms with van der Waals surface area (Å²) in [6.45, 7) is 3.80. The lowest BCUT2D eigenvalue weighted by atomic mass is 10.00. The molecule has 13 nitrogen and oxygen atoms in total. The molecule has 0 saturated carbocycles. The first-order valence-electron chi connectivity index (χ1n) is 13.0. The summed E-state index contributed by atoms with van der Waals surface area (Å²) in [5, 5.41) is 17.7. The smallest absolute Gasteiger partial charge is 0.326 e. The number of H-pyrrole nitrogens is 2. The van der Waals surface area contributed by atoms with Crippen molar-refractivity contribution in [2.24, 2.45) is 11.7 Å². The first-order chi connectivity index (χ1) is 19.1. The Kier molecular flexibility index (Phi) is 10.9. The van der Waals surface area contributed by atoms with Gasteiger partial charge in [-0.15, -0.1) is 0 Å². The molecule has 0 aliphatic carbocycles. The molecule has 0 radical (unpaired) electrons. The lowest BCUT2D eigenvalue weighted by Crippen LogP contribution is -2.58. The van der Waals surface area contributed by atoms with E-state index in [2.05, 4.69) is 35.9 Å². The van der Waals surface area contributed by atoms with Crippen LogP contribution in [0.5, 0.6) is 0 Å². The Hall–Kier alpha value is -4.52. The van der Waals surface area contributed by atoms with E-state index in [4.69, 9.17) is 5.73 Å². The number of carboxylic acids is 1. The van der Waals surface area contributed by atoms with E-state index in [9.17, 15) is 24.3 Å². The van der Waals surface area contributed by atoms with E-state index in [1.807, 2.05) is 19.9 Å². The minimum Gasteiger partial charge on any atom is -0.480 e. The molecule has 4 atom stereocenters. The number of aromatic amines is 2. The predicted octanol–water partition coefficient (Wildman–Crippen LogP) is 0.0731. The summed E-state index contributed by atoms with van der Waals surface area (Å²) in [6.07, 6.45) is 6.52. The number of aliphatic carboxylic acids is 1. The fraction of sp³-hybridized carbons (Fsp3) is 0.407. The molecule has 2 heterocycles. The van der Waals surface area contributed by atoms with Crippen LogP contribution in [0.1, 0.15) is 37.2 Å². The number of amides is 3. The minimum atomic E-state index is -1.25. The molecule has 0 bridgehead atoms. The molecule has 2 aromatic heterocycles. The van der Waals surface area contributed by atoms with Crippen molar-refractivity contribution in [2.45, 2.75) is 63.7 Å². The number of carboxylic acid groups (broad SMARTS) is 1. The van der Waals surface area contributed by atoms with Gasteiger partial charge in [-0.25, -0.2) is 14.8 Å². The number of hydrogen-bond donors (Lipinski definition) is 7. The molecule has 1 aromatic carbocycles. The Morgan fingerprint density at radius 3 is 1.90 bits per heavy atom. The number of benzene rings is 1. The molecule has 3 amide bonds. The molecular weight excluding hydrogens is 516 g/mol. The molecule has 214 valence electrons. The number of aromatic nitrogens is 4. The maximum absolute atomic E-state index is 13.4. The molecule has 13 heteroatoms. The van der Waals surface area contributed by atoms with Gasteiger partial charge in [0.05, 0.1) is 18.7 Å². The van der Waals surface area contributed by atoms with Crippen molar-refractivity contribution in [1.29, 1.82) is 0 Å². The summed E-state index contributed by atoms with van der Waals surface area (Å²) in [5.74, 6) is -2.97. The SMILES string of the molecule is CC(C)CC(NC(=O)C(N)Cc1cnc[nH]1)C(=O)NC(Cc1ccccc1)C(=O)NC(Cc1cnc[nH]1)C(=O)O. The highest BCUT2D eigenvalue weighted by Crippen LogP contribution is 2.10. The molecule has 0 fully saturated rings. The quantitative estimate of drug-likeness (QED) is 0.137. The van der Waals surface area contributed by atoms with Gasteiger partial charge in [-0.2, -0.15) is 0 Å². The molecular formula is C27H36N8O5. The zero-order valence-electron chi connectivity index (χ0n) is 22.5. The van der Waals surface area contributed by atoms with E-state index in [1.54, 1.807) is 30.5 Å². The number of carbonyl (C=O) groups is 4. The number of imidazole rings is 2. The van der Waals surface area contributed by atoms with Crippen LogP contribution < -0.4 is 21.7 Å². The standard InChI is InChI=1S/C27H36N8O5/c1-16(2)8-21(33-24(36)20(28)10-18-12-29-14-31-18)25(37)34-22(9-17-6-4-3-5-7-17)26(38)35-23(27(39)40)11-19-13-30-15-32-19/h3-7,12-16,20-23H,8-11,28H2,1-2H3,(H,29,31)(H,30,32)(H,33,36)(H,34,37)(H,35,38)(H,39,40). The highest BCUT2D eigenvalue weighted by atomic mass is 16.4. The molecule has 0 saturated heterocycles. The summed E-state index contributed by atoms with van der Waals surface area (Å²) >= 11 is 0. The van der Waals surface area contributed by atoms with Crippen LogP contribution in [0, 0.1) is 5.92 Å². The molecule has 3 aromatic rings. The number of nitrogens with two attached hydrogens (primary N) is 1. The zero-order valence-corrected chi connectivity index (χ0v) is 22.5. The van der Waals surface area contributed by atoms with Crippen molar-refractivity contribution in [3.8, 4) is 0 Å². The maximum Gasteiger partial charge on any atom is 0.326 e. The van der Waals surface area contributed by atoms with Gasteiger partial charge in [0.25, 0.3) is 0 Å². The summed E-state index contributed by atoms with van der Waals surface area (Å²) in [4.78, 5) is 65.0. The van der Waals surface area contributed by atoms with Crippen LogP contribution in [0.4, 0.5) is 0 Å². The van der Waals surface area contributed by atoms with Crippen molar-refractivity contribution in [3.63, 3.8) is 0 Å². The lowest BCUT2D eigenvalue weighted by molar-refractivity contribution is -0.142. The lowest BCUT2D eigenvalue weighted by Gasteiger charge is -2.26. The normalized spacial score (nSPS) is 14.1. The van der Waals surface area contributed by atoms with Crippen molar-refractivity contribution < 1.29 is 24.3 Å². The van der Waals surface area contributed by atoms with Gasteiger partial charge in [-0.05, 0) is 17.9 Å². The van der Waals surface area contributed by atoms with Crippen molar-refractivity contribution in [3.05, 3.63) is 72.3 Å². The molecule has 0 spiro atoms. The molecule has 0 aliphatic rings. The molecule has 3 rings (SSSR count). The average molecular weight is 553 g/mol. The second-order valence-electron chi connectivity index (χ2n) is 10.0. The minimum absolute atomic E-state index is 0.0205. The monoisotopic (exact) mass is 552 g/mol. The highest BCUT2D eigenvalue weighted by Gasteiger charge is 2.31. The van der Waals surface area contributed by atoms with Crippen LogP contribution in [-0.4, -0.2) is 72.9 Å². The van der Waals surface area contributed by atoms with Crippen LogP contribution in [0.25, 0.3) is 0 Å². The number of nitrogens with one attached hydrogen (secondary N) is 5. The van der Waals surface area contributed by atoms with Gasteiger partial charge in [-0.1, -0.05) is 44.2 Å². The third-order valence-electron chi connectivity index (χ3n) is 6.18. The van der Waals surface area contributed by atoms with Gasteiger partial charge in [0.15, 0.2) is 0 Å². The second kappa shape index (κ2) is 14.6. The van der Waals surface area contributed by atoms with Gasteiger partial charge in [0.1, 0.15) is 18.1 Å². The number of rotatable bonds is 15. The van der Waals surface area contributed by atoms with Crippen LogP contribution in [0.3, 0.4) is 0 Å². The number of nitrogens with zero attached hydrogens (tertiary/aromatic N) is 2. The Bertz CT molecular complexity index is 1230. The van der Waals surface area contributed by atoms with Crippen LogP contribution in [0.15, 0.2) is 55.4 Å². The number of hydrogen-bond acceptors (Lipinski definition) is 7. The first kappa shape index (κ1) is 30.0. The van der Waals surface area contributed by atoms with Crippen LogP contribution in [-0.2, 0) is 38.4 Å². The average Bonchev–Trinajstić information content (AvgIpc) is 3.62. The first-order valence-corrected chi connectivity index (χ1v) is 13.0. The predicted molar refractivity (Wildman–Crippen MR) is 146 cm³/mol. The van der Waals surface area contributed by atoms with E-state index < -0.39 is 47.9 Å². The molecule has 0 aliphatic heterocycles. The van der Waals surface area contributed by atoms with Gasteiger partial charge < -0.3 is 36.8 Å². The Labute approximate surface area is 231 Å². The summed E-state index contributed by atoms with van der Waals surface area (Å²) in [7, 11) is 0. The summed E-state index contributed by atoms with van der Waals surface area (Å²) in [6, 6.07) is 4.76. The molecule has 4 unspecified atom stereocenters. The fourth-order valence-electron chi connectivity index (χ4n) is 4.13. The second-order valence-corrected chi connectivity index (χ2v) is 10.0. The van der Waals surface area contributed by atoms with Gasteiger partial charge in [0.2, 0.25) is 17.7 Å². The summed E-state index contributed by atoms with van der Waals surface area (Å²) in [5.41, 5.74) is 8.02. The van der Waals surface area contributed by atoms with Gasteiger partial charge >= 0.3 is 5.97 Å². The van der Waals surface area contributed by atoms with Crippen molar-refractivity contribution in [2.75, 3.05) is 0 Å². The van der Waals surface area contributed by atoms with Crippen LogP contribution >= 0.6 is 0 Å². The summed E-state index contributed by atoms with van der Waals surface area (Å²) < 4.78 is 0. The third-order valence-corrected chi connectivity index (χ3v) is 6.18.